The van der Waals surface area contributed by atoms with Crippen LogP contribution in [0.5, 0.6) is 0 Å². The minimum Gasteiger partial charge on any atom is -0.359 e. The molecule has 3 N–H and O–H groups in total. The summed E-state index contributed by atoms with van der Waals surface area (Å²) < 4.78 is 1.96. The minimum atomic E-state index is -0.527. The minimum absolute atomic E-state index is 0.0655. The van der Waals surface area contributed by atoms with Crippen molar-refractivity contribution in [3.05, 3.63) is 29.6 Å². The van der Waals surface area contributed by atoms with Gasteiger partial charge in [0.25, 0.3) is 5.91 Å². The molecule has 0 aliphatic rings. The van der Waals surface area contributed by atoms with Gasteiger partial charge in [0.1, 0.15) is 11.3 Å². The highest BCUT2D eigenvalue weighted by molar-refractivity contribution is 5.80. The number of aryl methyl sites for hydroxylation is 1. The summed E-state index contributed by atoms with van der Waals surface area (Å²) in [7, 11) is 0. The number of hydrogen-bond acceptors (Lipinski definition) is 4. The number of hydroxylamine groups is 1. The standard InChI is InChI=1S/C17H22N4O2/c1-3-4-5-6-7-10-14-17(18-12-16(22)20-23)19-15-11-8-9-13(2)21(14)15/h8-9,11,18,23H,3-6,12H2,1-2H3,(H,20,22). The highest BCUT2D eigenvalue weighted by Gasteiger charge is 2.12. The first-order chi connectivity index (χ1) is 11.2. The van der Waals surface area contributed by atoms with Crippen LogP contribution in [-0.4, -0.2) is 27.0 Å². The van der Waals surface area contributed by atoms with Crippen LogP contribution in [0.1, 0.15) is 44.0 Å². The smallest absolute Gasteiger partial charge is 0.262 e. The highest BCUT2D eigenvalue weighted by Crippen LogP contribution is 2.18. The van der Waals surface area contributed by atoms with Crippen LogP contribution in [0.25, 0.3) is 5.65 Å². The zero-order valence-corrected chi connectivity index (χ0v) is 13.5. The van der Waals surface area contributed by atoms with E-state index in [1.165, 1.54) is 12.8 Å². The quantitative estimate of drug-likeness (QED) is 0.331. The van der Waals surface area contributed by atoms with E-state index in [4.69, 9.17) is 5.21 Å². The van der Waals surface area contributed by atoms with Crippen LogP contribution in [0.2, 0.25) is 0 Å². The van der Waals surface area contributed by atoms with Gasteiger partial charge in [-0.3, -0.25) is 14.4 Å². The zero-order valence-electron chi connectivity index (χ0n) is 13.5. The van der Waals surface area contributed by atoms with Crippen molar-refractivity contribution in [1.29, 1.82) is 0 Å². The van der Waals surface area contributed by atoms with Gasteiger partial charge in [0.05, 0.1) is 6.54 Å². The van der Waals surface area contributed by atoms with Crippen LogP contribution in [0.15, 0.2) is 18.2 Å². The Morgan fingerprint density at radius 1 is 1.39 bits per heavy atom. The second-order valence-electron chi connectivity index (χ2n) is 5.32. The highest BCUT2D eigenvalue weighted by atomic mass is 16.5. The largest absolute Gasteiger partial charge is 0.359 e. The Morgan fingerprint density at radius 2 is 2.22 bits per heavy atom. The van der Waals surface area contributed by atoms with Crippen molar-refractivity contribution < 1.29 is 10.0 Å². The number of pyridine rings is 1. The molecule has 2 aromatic heterocycles. The Labute approximate surface area is 135 Å². The number of carbonyl (C=O) groups excluding carboxylic acids is 1. The molecule has 0 radical (unpaired) electrons. The molecule has 0 aliphatic heterocycles. The lowest BCUT2D eigenvalue weighted by atomic mass is 10.2. The molecule has 0 aliphatic carbocycles. The molecule has 0 saturated heterocycles. The van der Waals surface area contributed by atoms with Crippen molar-refractivity contribution in [2.24, 2.45) is 0 Å². The van der Waals surface area contributed by atoms with E-state index < -0.39 is 5.91 Å². The van der Waals surface area contributed by atoms with Crippen LogP contribution in [-0.2, 0) is 4.79 Å². The van der Waals surface area contributed by atoms with Gasteiger partial charge < -0.3 is 5.32 Å². The maximum atomic E-state index is 11.2. The molecule has 6 nitrogen and oxygen atoms in total. The van der Waals surface area contributed by atoms with E-state index in [1.807, 2.05) is 29.5 Å². The van der Waals surface area contributed by atoms with E-state index >= 15 is 0 Å². The van der Waals surface area contributed by atoms with Crippen LogP contribution in [0, 0.1) is 18.8 Å². The Morgan fingerprint density at radius 3 is 2.96 bits per heavy atom. The first-order valence-electron chi connectivity index (χ1n) is 7.81. The van der Waals surface area contributed by atoms with Crippen molar-refractivity contribution in [3.8, 4) is 11.8 Å². The van der Waals surface area contributed by atoms with E-state index in [-0.39, 0.29) is 6.54 Å². The maximum absolute atomic E-state index is 11.2. The van der Waals surface area contributed by atoms with E-state index in [2.05, 4.69) is 29.1 Å². The summed E-state index contributed by atoms with van der Waals surface area (Å²) in [6, 6.07) is 5.81. The topological polar surface area (TPSA) is 78.7 Å². The molecule has 0 aromatic carbocycles. The Bertz CT molecular complexity index is 740. The number of amides is 1. The summed E-state index contributed by atoms with van der Waals surface area (Å²) >= 11 is 0. The van der Waals surface area contributed by atoms with Gasteiger partial charge in [0, 0.05) is 12.1 Å². The average molecular weight is 314 g/mol. The molecule has 23 heavy (non-hydrogen) atoms. The third kappa shape index (κ3) is 4.24. The molecule has 0 fully saturated rings. The van der Waals surface area contributed by atoms with Gasteiger partial charge in [-0.2, -0.15) is 0 Å². The van der Waals surface area contributed by atoms with Crippen molar-refractivity contribution in [2.45, 2.75) is 39.5 Å². The van der Waals surface area contributed by atoms with Crippen molar-refractivity contribution in [2.75, 3.05) is 11.9 Å². The molecule has 2 rings (SSSR count). The van der Waals surface area contributed by atoms with E-state index in [1.54, 1.807) is 5.48 Å². The van der Waals surface area contributed by atoms with Gasteiger partial charge in [0.15, 0.2) is 5.82 Å². The first kappa shape index (κ1) is 16.8. The van der Waals surface area contributed by atoms with Gasteiger partial charge in [-0.15, -0.1) is 0 Å². The normalized spacial score (nSPS) is 10.2. The van der Waals surface area contributed by atoms with Crippen molar-refractivity contribution in [3.63, 3.8) is 0 Å². The molecular weight excluding hydrogens is 292 g/mol. The number of unbranched alkanes of at least 4 members (excludes halogenated alkanes) is 3. The SMILES string of the molecule is CCCCCC#Cc1c(NCC(=O)NO)nc2cccc(C)n12. The molecular formula is C17H22N4O2. The number of imidazole rings is 1. The number of anilines is 1. The predicted molar refractivity (Wildman–Crippen MR) is 89.4 cm³/mol. The van der Waals surface area contributed by atoms with Gasteiger partial charge in [-0.1, -0.05) is 31.8 Å². The number of carbonyl (C=O) groups is 1. The van der Waals surface area contributed by atoms with Crippen LogP contribution < -0.4 is 10.8 Å². The van der Waals surface area contributed by atoms with Crippen molar-refractivity contribution >= 4 is 17.4 Å². The molecule has 0 saturated carbocycles. The lowest BCUT2D eigenvalue weighted by Gasteiger charge is -2.03. The molecule has 6 heteroatoms. The fraction of sp³-hybridized carbons (Fsp3) is 0.412. The molecule has 122 valence electrons. The zero-order chi connectivity index (χ0) is 16.7. The molecule has 2 aromatic rings. The number of nitrogens with one attached hydrogen (secondary N) is 2. The van der Waals surface area contributed by atoms with Gasteiger partial charge in [-0.05, 0) is 31.4 Å². The second kappa shape index (κ2) is 8.20. The number of nitrogens with zero attached hydrogens (tertiary/aromatic N) is 2. The molecule has 0 atom stereocenters. The average Bonchev–Trinajstić information content (AvgIpc) is 2.91. The lowest BCUT2D eigenvalue weighted by molar-refractivity contribution is -0.127. The third-order valence-corrected chi connectivity index (χ3v) is 3.49. The van der Waals surface area contributed by atoms with E-state index in [0.29, 0.717) is 5.82 Å². The maximum Gasteiger partial charge on any atom is 0.262 e. The van der Waals surface area contributed by atoms with Crippen LogP contribution in [0.3, 0.4) is 0 Å². The van der Waals surface area contributed by atoms with Crippen molar-refractivity contribution in [1.82, 2.24) is 14.9 Å². The molecule has 0 unspecified atom stereocenters. The Kier molecular flexibility index (Phi) is 6.01. The fourth-order valence-corrected chi connectivity index (χ4v) is 2.31. The van der Waals surface area contributed by atoms with Gasteiger partial charge in [-0.25, -0.2) is 10.5 Å². The van der Waals surface area contributed by atoms with Crippen LogP contribution >= 0.6 is 0 Å². The molecule has 1 amide bonds. The number of aromatic nitrogens is 2. The summed E-state index contributed by atoms with van der Waals surface area (Å²) in [4.78, 5) is 15.7. The summed E-state index contributed by atoms with van der Waals surface area (Å²) in [5.41, 5.74) is 4.12. The first-order valence-corrected chi connectivity index (χ1v) is 7.81. The summed E-state index contributed by atoms with van der Waals surface area (Å²) in [6.07, 6.45) is 4.25. The molecule has 0 spiro atoms. The predicted octanol–water partition coefficient (Wildman–Crippen LogP) is 2.49. The number of hydrogen-bond donors (Lipinski definition) is 3. The van der Waals surface area contributed by atoms with Gasteiger partial charge in [0.2, 0.25) is 0 Å². The van der Waals surface area contributed by atoms with E-state index in [9.17, 15) is 4.79 Å². The number of rotatable bonds is 6. The fourth-order valence-electron chi connectivity index (χ4n) is 2.31. The molecule has 0 bridgehead atoms. The monoisotopic (exact) mass is 314 g/mol. The Hall–Kier alpha value is -2.52. The van der Waals surface area contributed by atoms with Crippen LogP contribution in [0.4, 0.5) is 5.82 Å². The second-order valence-corrected chi connectivity index (χ2v) is 5.32. The van der Waals surface area contributed by atoms with E-state index in [0.717, 1.165) is 29.9 Å². The third-order valence-electron chi connectivity index (χ3n) is 3.49. The van der Waals surface area contributed by atoms with Gasteiger partial charge >= 0.3 is 0 Å². The summed E-state index contributed by atoms with van der Waals surface area (Å²) in [5.74, 6) is 6.37. The number of fused-ring (bicyclic) bond motifs is 1. The molecule has 2 heterocycles. The summed E-state index contributed by atoms with van der Waals surface area (Å²) in [6.45, 7) is 4.08. The lowest BCUT2D eigenvalue weighted by Crippen LogP contribution is -2.27. The Balaban J connectivity index is 2.31. The summed E-state index contributed by atoms with van der Waals surface area (Å²) in [5, 5.41) is 11.5.